The molecule has 5 heteroatoms. The topological polar surface area (TPSA) is 66.4 Å². The number of carboxylic acids is 1. The molecule has 1 aromatic heterocycles. The number of carbonyl (C=O) groups is 2. The molecule has 2 rings (SSSR count). The molecule has 86 valence electrons. The molecule has 1 saturated carbocycles. The van der Waals surface area contributed by atoms with Crippen LogP contribution in [-0.2, 0) is 9.59 Å². The molecule has 0 aliphatic heterocycles. The van der Waals surface area contributed by atoms with Crippen LogP contribution in [0.2, 0.25) is 0 Å². The molecule has 3 unspecified atom stereocenters. The molecule has 16 heavy (non-hydrogen) atoms. The molecule has 4 nitrogen and oxygen atoms in total. The highest BCUT2D eigenvalue weighted by atomic mass is 32.1. The van der Waals surface area contributed by atoms with E-state index in [0.29, 0.717) is 6.42 Å². The lowest BCUT2D eigenvalue weighted by Gasteiger charge is -2.11. The molecule has 1 aromatic rings. The first-order valence-electron chi connectivity index (χ1n) is 5.16. The standard InChI is InChI=1S/C11H13NO3S/c1-6(9-3-2-4-16-9)12-10(13)7-5-8(7)11(14)15/h2-4,6-8H,5H2,1H3,(H,12,13)(H,14,15). The maximum Gasteiger partial charge on any atom is 0.307 e. The minimum atomic E-state index is -0.871. The molecule has 1 fully saturated rings. The van der Waals surface area contributed by atoms with Gasteiger partial charge in [-0.3, -0.25) is 9.59 Å². The van der Waals surface area contributed by atoms with Crippen LogP contribution in [0.4, 0.5) is 0 Å². The lowest BCUT2D eigenvalue weighted by atomic mass is 10.2. The number of rotatable bonds is 4. The van der Waals surface area contributed by atoms with Gasteiger partial charge in [0.15, 0.2) is 0 Å². The molecule has 0 spiro atoms. The zero-order chi connectivity index (χ0) is 11.7. The Bertz CT molecular complexity index is 401. The lowest BCUT2D eigenvalue weighted by molar-refractivity contribution is -0.140. The van der Waals surface area contributed by atoms with E-state index in [1.54, 1.807) is 11.3 Å². The van der Waals surface area contributed by atoms with Crippen molar-refractivity contribution in [3.63, 3.8) is 0 Å². The number of thiophene rings is 1. The van der Waals surface area contributed by atoms with Gasteiger partial charge in [-0.15, -0.1) is 11.3 Å². The number of hydrogen-bond acceptors (Lipinski definition) is 3. The van der Waals surface area contributed by atoms with Gasteiger partial charge < -0.3 is 10.4 Å². The van der Waals surface area contributed by atoms with Crippen LogP contribution < -0.4 is 5.32 Å². The SMILES string of the molecule is CC(NC(=O)C1CC1C(=O)O)c1cccs1. The van der Waals surface area contributed by atoms with E-state index in [2.05, 4.69) is 5.32 Å². The Balaban J connectivity index is 1.87. The average Bonchev–Trinajstić information content (AvgIpc) is 2.85. The van der Waals surface area contributed by atoms with Gasteiger partial charge in [0.1, 0.15) is 0 Å². The molecular formula is C11H13NO3S. The van der Waals surface area contributed by atoms with Crippen LogP contribution in [-0.4, -0.2) is 17.0 Å². The number of nitrogens with one attached hydrogen (secondary N) is 1. The molecular weight excluding hydrogens is 226 g/mol. The van der Waals surface area contributed by atoms with Crippen molar-refractivity contribution in [3.05, 3.63) is 22.4 Å². The van der Waals surface area contributed by atoms with Crippen LogP contribution in [0.3, 0.4) is 0 Å². The van der Waals surface area contributed by atoms with Crippen molar-refractivity contribution < 1.29 is 14.7 Å². The first-order chi connectivity index (χ1) is 7.59. The summed E-state index contributed by atoms with van der Waals surface area (Å²) in [5.74, 6) is -1.83. The molecule has 1 amide bonds. The van der Waals surface area contributed by atoms with E-state index in [-0.39, 0.29) is 17.9 Å². The Hall–Kier alpha value is -1.36. The van der Waals surface area contributed by atoms with Crippen LogP contribution in [0.25, 0.3) is 0 Å². The largest absolute Gasteiger partial charge is 0.481 e. The summed E-state index contributed by atoms with van der Waals surface area (Å²) in [7, 11) is 0. The monoisotopic (exact) mass is 239 g/mol. The van der Waals surface area contributed by atoms with Crippen molar-refractivity contribution in [2.75, 3.05) is 0 Å². The van der Waals surface area contributed by atoms with Crippen molar-refractivity contribution in [1.29, 1.82) is 0 Å². The van der Waals surface area contributed by atoms with E-state index >= 15 is 0 Å². The van der Waals surface area contributed by atoms with Gasteiger partial charge in [0.2, 0.25) is 5.91 Å². The van der Waals surface area contributed by atoms with Crippen LogP contribution in [0.1, 0.15) is 24.3 Å². The maximum absolute atomic E-state index is 11.7. The molecule has 0 saturated heterocycles. The summed E-state index contributed by atoms with van der Waals surface area (Å²) in [4.78, 5) is 23.4. The zero-order valence-electron chi connectivity index (χ0n) is 8.84. The lowest BCUT2D eigenvalue weighted by Crippen LogP contribution is -2.28. The predicted molar refractivity (Wildman–Crippen MR) is 60.1 cm³/mol. The molecule has 1 heterocycles. The van der Waals surface area contributed by atoms with Crippen LogP contribution >= 0.6 is 11.3 Å². The van der Waals surface area contributed by atoms with Crippen molar-refractivity contribution in [2.24, 2.45) is 11.8 Å². The fourth-order valence-corrected chi connectivity index (χ4v) is 2.42. The number of hydrogen-bond donors (Lipinski definition) is 2. The molecule has 0 aromatic carbocycles. The second kappa shape index (κ2) is 4.25. The average molecular weight is 239 g/mol. The van der Waals surface area contributed by atoms with Crippen LogP contribution in [0.15, 0.2) is 17.5 Å². The maximum atomic E-state index is 11.7. The van der Waals surface area contributed by atoms with E-state index in [1.807, 2.05) is 24.4 Å². The summed E-state index contributed by atoms with van der Waals surface area (Å²) in [6.07, 6.45) is 0.471. The zero-order valence-corrected chi connectivity index (χ0v) is 9.66. The van der Waals surface area contributed by atoms with Gasteiger partial charge in [-0.05, 0) is 24.8 Å². The molecule has 1 aliphatic rings. The third-order valence-corrected chi connectivity index (χ3v) is 3.83. The highest BCUT2D eigenvalue weighted by Crippen LogP contribution is 2.39. The molecule has 3 atom stereocenters. The normalized spacial score (nSPS) is 24.8. The van der Waals surface area contributed by atoms with Crippen LogP contribution in [0.5, 0.6) is 0 Å². The van der Waals surface area contributed by atoms with Crippen molar-refractivity contribution >= 4 is 23.2 Å². The summed E-state index contributed by atoms with van der Waals surface area (Å²) in [5, 5.41) is 13.5. The first kappa shape index (κ1) is 11.1. The highest BCUT2D eigenvalue weighted by molar-refractivity contribution is 7.10. The van der Waals surface area contributed by atoms with E-state index in [9.17, 15) is 9.59 Å². The Kier molecular flexibility index (Phi) is 2.96. The third-order valence-electron chi connectivity index (χ3n) is 2.77. The number of aliphatic carboxylic acids is 1. The molecule has 2 N–H and O–H groups in total. The smallest absolute Gasteiger partial charge is 0.307 e. The fourth-order valence-electron chi connectivity index (χ4n) is 1.69. The van der Waals surface area contributed by atoms with E-state index < -0.39 is 11.9 Å². The Morgan fingerprint density at radius 1 is 1.56 bits per heavy atom. The Labute approximate surface area is 97.3 Å². The van der Waals surface area contributed by atoms with Crippen molar-refractivity contribution in [3.8, 4) is 0 Å². The summed E-state index contributed by atoms with van der Waals surface area (Å²) in [6.45, 7) is 1.90. The van der Waals surface area contributed by atoms with Gasteiger partial charge in [0, 0.05) is 4.88 Å². The van der Waals surface area contributed by atoms with E-state index in [4.69, 9.17) is 5.11 Å². The summed E-state index contributed by atoms with van der Waals surface area (Å²) in [6, 6.07) is 3.85. The van der Waals surface area contributed by atoms with Gasteiger partial charge in [-0.1, -0.05) is 6.07 Å². The molecule has 0 bridgehead atoms. The molecule has 0 radical (unpaired) electrons. The number of carboxylic acid groups (broad SMARTS) is 1. The summed E-state index contributed by atoms with van der Waals surface area (Å²) >= 11 is 1.58. The highest BCUT2D eigenvalue weighted by Gasteiger charge is 2.48. The fraction of sp³-hybridized carbons (Fsp3) is 0.455. The quantitative estimate of drug-likeness (QED) is 0.839. The second-order valence-corrected chi connectivity index (χ2v) is 5.01. The second-order valence-electron chi connectivity index (χ2n) is 4.03. The minimum Gasteiger partial charge on any atom is -0.481 e. The summed E-state index contributed by atoms with van der Waals surface area (Å²) < 4.78 is 0. The van der Waals surface area contributed by atoms with Gasteiger partial charge in [0.05, 0.1) is 17.9 Å². The van der Waals surface area contributed by atoms with Crippen molar-refractivity contribution in [1.82, 2.24) is 5.32 Å². The first-order valence-corrected chi connectivity index (χ1v) is 6.04. The van der Waals surface area contributed by atoms with Gasteiger partial charge in [-0.2, -0.15) is 0 Å². The Morgan fingerprint density at radius 2 is 2.31 bits per heavy atom. The Morgan fingerprint density at radius 3 is 2.81 bits per heavy atom. The van der Waals surface area contributed by atoms with Crippen molar-refractivity contribution in [2.45, 2.75) is 19.4 Å². The van der Waals surface area contributed by atoms with Gasteiger partial charge in [0.25, 0.3) is 0 Å². The number of carbonyl (C=O) groups excluding carboxylic acids is 1. The number of amides is 1. The third kappa shape index (κ3) is 2.24. The van der Waals surface area contributed by atoms with Gasteiger partial charge in [-0.25, -0.2) is 0 Å². The molecule has 1 aliphatic carbocycles. The predicted octanol–water partition coefficient (Wildman–Crippen LogP) is 1.65. The van der Waals surface area contributed by atoms with Crippen LogP contribution in [0, 0.1) is 11.8 Å². The van der Waals surface area contributed by atoms with E-state index in [1.165, 1.54) is 0 Å². The summed E-state index contributed by atoms with van der Waals surface area (Å²) in [5.41, 5.74) is 0. The van der Waals surface area contributed by atoms with Gasteiger partial charge >= 0.3 is 5.97 Å². The minimum absolute atomic E-state index is 0.0393. The van der Waals surface area contributed by atoms with E-state index in [0.717, 1.165) is 4.88 Å².